The highest BCUT2D eigenvalue weighted by molar-refractivity contribution is 7.13. The van der Waals surface area contributed by atoms with Gasteiger partial charge in [0.25, 0.3) is 0 Å². The Morgan fingerprint density at radius 2 is 2.43 bits per heavy atom. The maximum absolute atomic E-state index is 12.2. The predicted octanol–water partition coefficient (Wildman–Crippen LogP) is 2.69. The summed E-state index contributed by atoms with van der Waals surface area (Å²) in [5, 5.41) is 10.9. The van der Waals surface area contributed by atoms with E-state index in [0.717, 1.165) is 25.1 Å². The topological polar surface area (TPSA) is 71.3 Å². The Morgan fingerprint density at radius 3 is 3.19 bits per heavy atom. The molecule has 1 aliphatic rings. The molecule has 0 spiro atoms. The molecule has 1 unspecified atom stereocenters. The summed E-state index contributed by atoms with van der Waals surface area (Å²) in [7, 11) is 0. The Morgan fingerprint density at radius 1 is 1.48 bits per heavy atom. The first-order valence-corrected chi connectivity index (χ1v) is 8.04. The van der Waals surface area contributed by atoms with E-state index in [1.165, 1.54) is 24.2 Å². The minimum absolute atomic E-state index is 0.0507. The van der Waals surface area contributed by atoms with E-state index >= 15 is 0 Å². The number of anilines is 1. The molecule has 2 aromatic rings. The SMILES string of the molecule is O=C(CN1CCCCCC1c1ccco1)Nc1nncs1. The Labute approximate surface area is 127 Å². The zero-order valence-corrected chi connectivity index (χ0v) is 12.5. The fourth-order valence-electron chi connectivity index (χ4n) is 2.73. The van der Waals surface area contributed by atoms with Gasteiger partial charge in [-0.05, 0) is 31.5 Å². The first kappa shape index (κ1) is 14.2. The van der Waals surface area contributed by atoms with Crippen LogP contribution in [0, 0.1) is 0 Å². The molecule has 3 heterocycles. The molecule has 3 rings (SSSR count). The number of furan rings is 1. The van der Waals surface area contributed by atoms with Crippen LogP contribution in [-0.4, -0.2) is 34.1 Å². The molecular formula is C14H18N4O2S. The zero-order chi connectivity index (χ0) is 14.5. The number of amides is 1. The molecule has 1 aliphatic heterocycles. The van der Waals surface area contributed by atoms with E-state index < -0.39 is 0 Å². The van der Waals surface area contributed by atoms with Crippen LogP contribution in [-0.2, 0) is 4.79 Å². The minimum Gasteiger partial charge on any atom is -0.468 e. The second-order valence-electron chi connectivity index (χ2n) is 5.14. The second-order valence-corrected chi connectivity index (χ2v) is 5.98. The van der Waals surface area contributed by atoms with E-state index in [0.29, 0.717) is 11.7 Å². The van der Waals surface area contributed by atoms with Gasteiger partial charge < -0.3 is 4.42 Å². The zero-order valence-electron chi connectivity index (χ0n) is 11.7. The van der Waals surface area contributed by atoms with Gasteiger partial charge in [0.05, 0.1) is 18.8 Å². The van der Waals surface area contributed by atoms with Gasteiger partial charge in [0.2, 0.25) is 11.0 Å². The van der Waals surface area contributed by atoms with E-state index in [4.69, 9.17) is 4.42 Å². The third-order valence-electron chi connectivity index (χ3n) is 3.69. The number of likely N-dealkylation sites (tertiary alicyclic amines) is 1. The molecule has 7 heteroatoms. The smallest absolute Gasteiger partial charge is 0.240 e. The molecule has 0 bridgehead atoms. The molecule has 1 amide bonds. The van der Waals surface area contributed by atoms with E-state index in [-0.39, 0.29) is 11.9 Å². The first-order chi connectivity index (χ1) is 10.3. The molecule has 0 aliphatic carbocycles. The van der Waals surface area contributed by atoms with Gasteiger partial charge in [-0.25, -0.2) is 0 Å². The molecular weight excluding hydrogens is 288 g/mol. The number of carbonyl (C=O) groups excluding carboxylic acids is 1. The fraction of sp³-hybridized carbons (Fsp3) is 0.500. The number of carbonyl (C=O) groups is 1. The van der Waals surface area contributed by atoms with Crippen molar-refractivity contribution in [3.05, 3.63) is 29.7 Å². The standard InChI is InChI=1S/C14H18N4O2S/c19-13(16-14-17-15-10-21-14)9-18-7-3-1-2-5-11(18)12-6-4-8-20-12/h4,6,8,10-11H,1-3,5,7,9H2,(H,16,17,19). The van der Waals surface area contributed by atoms with Crippen molar-refractivity contribution in [3.8, 4) is 0 Å². The molecule has 1 saturated heterocycles. The lowest BCUT2D eigenvalue weighted by molar-refractivity contribution is -0.118. The van der Waals surface area contributed by atoms with Gasteiger partial charge in [-0.1, -0.05) is 24.2 Å². The maximum atomic E-state index is 12.2. The summed E-state index contributed by atoms with van der Waals surface area (Å²) in [5.74, 6) is 0.894. The molecule has 1 atom stereocenters. The average molecular weight is 306 g/mol. The molecule has 0 saturated carbocycles. The van der Waals surface area contributed by atoms with E-state index in [1.54, 1.807) is 11.8 Å². The van der Waals surface area contributed by atoms with Crippen molar-refractivity contribution in [2.75, 3.05) is 18.4 Å². The average Bonchev–Trinajstić information content (AvgIpc) is 3.12. The number of nitrogens with one attached hydrogen (secondary N) is 1. The lowest BCUT2D eigenvalue weighted by Crippen LogP contribution is -2.36. The second kappa shape index (κ2) is 6.82. The van der Waals surface area contributed by atoms with Crippen LogP contribution >= 0.6 is 11.3 Å². The fourth-order valence-corrected chi connectivity index (χ4v) is 3.19. The van der Waals surface area contributed by atoms with Crippen LogP contribution in [0.5, 0.6) is 0 Å². The van der Waals surface area contributed by atoms with Gasteiger partial charge in [0.15, 0.2) is 0 Å². The van der Waals surface area contributed by atoms with Crippen LogP contribution in [0.2, 0.25) is 0 Å². The predicted molar refractivity (Wildman–Crippen MR) is 80.0 cm³/mol. The number of nitrogens with zero attached hydrogens (tertiary/aromatic N) is 3. The van der Waals surface area contributed by atoms with Crippen molar-refractivity contribution >= 4 is 22.4 Å². The highest BCUT2D eigenvalue weighted by Gasteiger charge is 2.26. The van der Waals surface area contributed by atoms with E-state index in [1.807, 2.05) is 12.1 Å². The van der Waals surface area contributed by atoms with Gasteiger partial charge in [-0.15, -0.1) is 10.2 Å². The largest absolute Gasteiger partial charge is 0.468 e. The molecule has 21 heavy (non-hydrogen) atoms. The minimum atomic E-state index is -0.0507. The number of hydrogen-bond donors (Lipinski definition) is 1. The van der Waals surface area contributed by atoms with Gasteiger partial charge in [-0.2, -0.15) is 0 Å². The molecule has 1 fully saturated rings. The molecule has 6 nitrogen and oxygen atoms in total. The number of rotatable bonds is 4. The molecule has 0 radical (unpaired) electrons. The maximum Gasteiger partial charge on any atom is 0.240 e. The Balaban J connectivity index is 1.66. The van der Waals surface area contributed by atoms with Crippen LogP contribution in [0.25, 0.3) is 0 Å². The van der Waals surface area contributed by atoms with E-state index in [9.17, 15) is 4.79 Å². The lowest BCUT2D eigenvalue weighted by atomic mass is 10.1. The summed E-state index contributed by atoms with van der Waals surface area (Å²) >= 11 is 1.32. The van der Waals surface area contributed by atoms with Crippen LogP contribution in [0.3, 0.4) is 0 Å². The summed E-state index contributed by atoms with van der Waals surface area (Å²) in [6.45, 7) is 1.26. The quantitative estimate of drug-likeness (QED) is 0.940. The first-order valence-electron chi connectivity index (χ1n) is 7.16. The Kier molecular flexibility index (Phi) is 4.62. The highest BCUT2D eigenvalue weighted by Crippen LogP contribution is 2.30. The van der Waals surface area contributed by atoms with Crippen molar-refractivity contribution in [1.82, 2.24) is 15.1 Å². The normalized spacial score (nSPS) is 20.1. The number of aromatic nitrogens is 2. The monoisotopic (exact) mass is 306 g/mol. The molecule has 0 aromatic carbocycles. The Hall–Kier alpha value is -1.73. The third-order valence-corrected chi connectivity index (χ3v) is 4.30. The Bertz CT molecular complexity index is 556. The highest BCUT2D eigenvalue weighted by atomic mass is 32.1. The van der Waals surface area contributed by atoms with Gasteiger partial charge in [-0.3, -0.25) is 15.0 Å². The van der Waals surface area contributed by atoms with Crippen molar-refractivity contribution in [2.24, 2.45) is 0 Å². The summed E-state index contributed by atoms with van der Waals surface area (Å²) < 4.78 is 5.55. The van der Waals surface area contributed by atoms with Crippen molar-refractivity contribution in [2.45, 2.75) is 31.7 Å². The number of hydrogen-bond acceptors (Lipinski definition) is 6. The van der Waals surface area contributed by atoms with Gasteiger partial charge >= 0.3 is 0 Å². The van der Waals surface area contributed by atoms with Crippen molar-refractivity contribution in [1.29, 1.82) is 0 Å². The van der Waals surface area contributed by atoms with E-state index in [2.05, 4.69) is 20.4 Å². The van der Waals surface area contributed by atoms with Crippen LogP contribution in [0.15, 0.2) is 28.3 Å². The lowest BCUT2D eigenvalue weighted by Gasteiger charge is -2.27. The molecule has 1 N–H and O–H groups in total. The van der Waals surface area contributed by atoms with Crippen LogP contribution in [0.1, 0.15) is 37.5 Å². The van der Waals surface area contributed by atoms with Gasteiger partial charge in [0.1, 0.15) is 11.3 Å². The van der Waals surface area contributed by atoms with Crippen LogP contribution in [0.4, 0.5) is 5.13 Å². The summed E-state index contributed by atoms with van der Waals surface area (Å²) in [6, 6.07) is 4.08. The van der Waals surface area contributed by atoms with Gasteiger partial charge in [0, 0.05) is 0 Å². The molecule has 2 aromatic heterocycles. The van der Waals surface area contributed by atoms with Crippen molar-refractivity contribution in [3.63, 3.8) is 0 Å². The molecule has 112 valence electrons. The third kappa shape index (κ3) is 3.68. The summed E-state index contributed by atoms with van der Waals surface area (Å²) in [5.41, 5.74) is 1.60. The summed E-state index contributed by atoms with van der Waals surface area (Å²) in [4.78, 5) is 14.4. The van der Waals surface area contributed by atoms with Crippen LogP contribution < -0.4 is 5.32 Å². The summed E-state index contributed by atoms with van der Waals surface area (Å²) in [6.07, 6.45) is 6.20. The van der Waals surface area contributed by atoms with Crippen molar-refractivity contribution < 1.29 is 9.21 Å².